The first kappa shape index (κ1) is 16.3. The number of rotatable bonds is 4. The molecule has 7 heteroatoms. The first-order chi connectivity index (χ1) is 11.4. The van der Waals surface area contributed by atoms with E-state index in [1.807, 2.05) is 19.1 Å². The van der Waals surface area contributed by atoms with E-state index in [0.29, 0.717) is 17.1 Å². The summed E-state index contributed by atoms with van der Waals surface area (Å²) in [5.41, 5.74) is 2.27. The smallest absolute Gasteiger partial charge is 0.265 e. The predicted octanol–water partition coefficient (Wildman–Crippen LogP) is 2.66. The Morgan fingerprint density at radius 1 is 1.17 bits per heavy atom. The number of hydrogen-bond acceptors (Lipinski definition) is 4. The maximum Gasteiger partial charge on any atom is 0.265 e. The van der Waals surface area contributed by atoms with E-state index in [-0.39, 0.29) is 11.7 Å². The van der Waals surface area contributed by atoms with Gasteiger partial charge in [-0.1, -0.05) is 30.3 Å². The number of benzene rings is 2. The normalized spacial score (nSPS) is 16.8. The van der Waals surface area contributed by atoms with Crippen molar-refractivity contribution in [2.45, 2.75) is 25.7 Å². The maximum absolute atomic E-state index is 12.5. The molecule has 24 heavy (non-hydrogen) atoms. The standard InChI is InChI=1S/C17H18N2O4S/c1-11-6-3-4-7-13(11)10-24(21,22)19-14-8-5-9-15-16(14)18-17(20)12(2)23-15/h3-9,12,19H,10H2,1-2H3,(H,18,20). The molecule has 2 aromatic carbocycles. The Kier molecular flexibility index (Phi) is 4.19. The summed E-state index contributed by atoms with van der Waals surface area (Å²) in [5, 5.41) is 2.69. The highest BCUT2D eigenvalue weighted by Gasteiger charge is 2.26. The summed E-state index contributed by atoms with van der Waals surface area (Å²) in [5.74, 6) is -0.0135. The fourth-order valence-corrected chi connectivity index (χ4v) is 3.80. The largest absolute Gasteiger partial charge is 0.479 e. The lowest BCUT2D eigenvalue weighted by molar-refractivity contribution is -0.122. The lowest BCUT2D eigenvalue weighted by Gasteiger charge is -2.25. The van der Waals surface area contributed by atoms with Gasteiger partial charge in [-0.3, -0.25) is 9.52 Å². The van der Waals surface area contributed by atoms with E-state index in [4.69, 9.17) is 4.74 Å². The summed E-state index contributed by atoms with van der Waals surface area (Å²) in [7, 11) is -3.63. The number of hydrogen-bond donors (Lipinski definition) is 2. The van der Waals surface area contributed by atoms with Gasteiger partial charge in [0, 0.05) is 0 Å². The molecule has 126 valence electrons. The zero-order valence-electron chi connectivity index (χ0n) is 13.4. The highest BCUT2D eigenvalue weighted by molar-refractivity contribution is 7.91. The van der Waals surface area contributed by atoms with Crippen LogP contribution in [0.15, 0.2) is 42.5 Å². The van der Waals surface area contributed by atoms with Crippen LogP contribution < -0.4 is 14.8 Å². The van der Waals surface area contributed by atoms with Gasteiger partial charge in [-0.25, -0.2) is 8.42 Å². The van der Waals surface area contributed by atoms with Crippen molar-refractivity contribution in [2.24, 2.45) is 0 Å². The zero-order valence-corrected chi connectivity index (χ0v) is 14.2. The van der Waals surface area contributed by atoms with E-state index in [1.54, 1.807) is 37.3 Å². The first-order valence-corrected chi connectivity index (χ1v) is 9.16. The molecular formula is C17H18N2O4S. The number of anilines is 2. The van der Waals surface area contributed by atoms with Crippen molar-refractivity contribution >= 4 is 27.3 Å². The van der Waals surface area contributed by atoms with E-state index in [2.05, 4.69) is 10.0 Å². The molecule has 0 aliphatic carbocycles. The summed E-state index contributed by atoms with van der Waals surface area (Å²) >= 11 is 0. The molecule has 2 aromatic rings. The summed E-state index contributed by atoms with van der Waals surface area (Å²) in [6, 6.07) is 12.3. The molecule has 1 aliphatic rings. The van der Waals surface area contributed by atoms with Crippen LogP contribution in [-0.4, -0.2) is 20.4 Å². The van der Waals surface area contributed by atoms with E-state index in [1.165, 1.54) is 0 Å². The molecule has 1 unspecified atom stereocenters. The monoisotopic (exact) mass is 346 g/mol. The summed E-state index contributed by atoms with van der Waals surface area (Å²) in [6.45, 7) is 3.50. The van der Waals surface area contributed by atoms with Gasteiger partial charge in [0.05, 0.1) is 11.4 Å². The molecule has 0 saturated carbocycles. The van der Waals surface area contributed by atoms with Crippen LogP contribution in [0, 0.1) is 6.92 Å². The van der Waals surface area contributed by atoms with Crippen molar-refractivity contribution in [2.75, 3.05) is 10.0 Å². The number of amides is 1. The first-order valence-electron chi connectivity index (χ1n) is 7.51. The molecule has 1 heterocycles. The number of para-hydroxylation sites is 1. The average molecular weight is 346 g/mol. The minimum absolute atomic E-state index is 0.144. The summed E-state index contributed by atoms with van der Waals surface area (Å²) < 4.78 is 33.0. The maximum atomic E-state index is 12.5. The Morgan fingerprint density at radius 2 is 1.92 bits per heavy atom. The topological polar surface area (TPSA) is 84.5 Å². The van der Waals surface area contributed by atoms with Crippen LogP contribution in [0.1, 0.15) is 18.1 Å². The molecule has 6 nitrogen and oxygen atoms in total. The van der Waals surface area contributed by atoms with Crippen LogP contribution >= 0.6 is 0 Å². The van der Waals surface area contributed by atoms with Crippen molar-refractivity contribution in [1.29, 1.82) is 0 Å². The number of carbonyl (C=O) groups is 1. The molecule has 0 saturated heterocycles. The molecule has 1 amide bonds. The van der Waals surface area contributed by atoms with Crippen molar-refractivity contribution in [1.82, 2.24) is 0 Å². The number of aryl methyl sites for hydroxylation is 1. The van der Waals surface area contributed by atoms with E-state index in [9.17, 15) is 13.2 Å². The SMILES string of the molecule is Cc1ccccc1CS(=O)(=O)Nc1cccc2c1NC(=O)C(C)O2. The zero-order chi connectivity index (χ0) is 17.3. The fraction of sp³-hybridized carbons (Fsp3) is 0.235. The third-order valence-electron chi connectivity index (χ3n) is 3.82. The molecule has 2 N–H and O–H groups in total. The van der Waals surface area contributed by atoms with E-state index >= 15 is 0 Å². The molecule has 0 radical (unpaired) electrons. The quantitative estimate of drug-likeness (QED) is 0.891. The molecule has 0 fully saturated rings. The summed E-state index contributed by atoms with van der Waals surface area (Å²) in [4.78, 5) is 11.8. The number of ether oxygens (including phenoxy) is 1. The fourth-order valence-electron chi connectivity index (χ4n) is 2.49. The summed E-state index contributed by atoms with van der Waals surface area (Å²) in [6.07, 6.45) is -0.615. The molecule has 0 bridgehead atoms. The predicted molar refractivity (Wildman–Crippen MR) is 92.6 cm³/mol. The number of nitrogens with one attached hydrogen (secondary N) is 2. The highest BCUT2D eigenvalue weighted by Crippen LogP contribution is 2.36. The van der Waals surface area contributed by atoms with Crippen LogP contribution in [-0.2, 0) is 20.6 Å². The van der Waals surface area contributed by atoms with Gasteiger partial charge in [0.15, 0.2) is 6.10 Å². The van der Waals surface area contributed by atoms with Crippen molar-refractivity contribution in [3.05, 3.63) is 53.6 Å². The van der Waals surface area contributed by atoms with Crippen molar-refractivity contribution in [3.63, 3.8) is 0 Å². The third kappa shape index (κ3) is 3.35. The molecular weight excluding hydrogens is 328 g/mol. The van der Waals surface area contributed by atoms with Gasteiger partial charge in [0.2, 0.25) is 10.0 Å². The number of carbonyl (C=O) groups excluding carboxylic acids is 1. The second-order valence-electron chi connectivity index (χ2n) is 5.72. The van der Waals surface area contributed by atoms with Gasteiger partial charge in [-0.05, 0) is 37.1 Å². The van der Waals surface area contributed by atoms with Gasteiger partial charge >= 0.3 is 0 Å². The van der Waals surface area contributed by atoms with Gasteiger partial charge < -0.3 is 10.1 Å². The third-order valence-corrected chi connectivity index (χ3v) is 5.04. The van der Waals surface area contributed by atoms with E-state index in [0.717, 1.165) is 11.1 Å². The van der Waals surface area contributed by atoms with Crippen LogP contribution in [0.4, 0.5) is 11.4 Å². The van der Waals surface area contributed by atoms with Gasteiger partial charge in [0.25, 0.3) is 5.91 Å². The van der Waals surface area contributed by atoms with Crippen molar-refractivity contribution < 1.29 is 17.9 Å². The second-order valence-corrected chi connectivity index (χ2v) is 7.44. The highest BCUT2D eigenvalue weighted by atomic mass is 32.2. The number of sulfonamides is 1. The lowest BCUT2D eigenvalue weighted by atomic mass is 10.1. The molecule has 0 aromatic heterocycles. The number of fused-ring (bicyclic) bond motifs is 1. The molecule has 1 aliphatic heterocycles. The molecule has 3 rings (SSSR count). The minimum Gasteiger partial charge on any atom is -0.479 e. The Hall–Kier alpha value is -2.54. The Morgan fingerprint density at radius 3 is 2.67 bits per heavy atom. The Bertz CT molecular complexity index is 893. The minimum atomic E-state index is -3.63. The van der Waals surface area contributed by atoms with Gasteiger partial charge in [0.1, 0.15) is 11.4 Å². The van der Waals surface area contributed by atoms with Crippen LogP contribution in [0.2, 0.25) is 0 Å². The average Bonchev–Trinajstić information content (AvgIpc) is 2.51. The van der Waals surface area contributed by atoms with Crippen LogP contribution in [0.25, 0.3) is 0 Å². The van der Waals surface area contributed by atoms with Gasteiger partial charge in [-0.2, -0.15) is 0 Å². The van der Waals surface area contributed by atoms with Gasteiger partial charge in [-0.15, -0.1) is 0 Å². The second kappa shape index (κ2) is 6.16. The lowest BCUT2D eigenvalue weighted by Crippen LogP contribution is -2.35. The van der Waals surface area contributed by atoms with E-state index < -0.39 is 16.1 Å². The van der Waals surface area contributed by atoms with Crippen molar-refractivity contribution in [3.8, 4) is 5.75 Å². The Balaban J connectivity index is 1.87. The van der Waals surface area contributed by atoms with Crippen LogP contribution in [0.3, 0.4) is 0 Å². The molecule has 0 spiro atoms. The van der Waals surface area contributed by atoms with Crippen LogP contribution in [0.5, 0.6) is 5.75 Å². The molecule has 1 atom stereocenters. The Labute approximate surface area is 140 Å².